The van der Waals surface area contributed by atoms with E-state index < -0.39 is 0 Å². The zero-order valence-electron chi connectivity index (χ0n) is 15.3. The molecule has 130 valence electrons. The van der Waals surface area contributed by atoms with E-state index >= 15 is 0 Å². The van der Waals surface area contributed by atoms with Crippen LogP contribution < -0.4 is 0 Å². The standard InChI is InChI=1S/C23H22N2O/c1-16-4-10-19(11-5-16)22(20-12-6-17(2)7-13-20)24-23(25-26)21-14-8-18(3)9-15-21/h4-15,26H,1-3H3/b25-23+. The Balaban J connectivity index is 2.12. The minimum absolute atomic E-state index is 0.293. The lowest BCUT2D eigenvalue weighted by Crippen LogP contribution is -2.09. The average Bonchev–Trinajstić information content (AvgIpc) is 2.66. The van der Waals surface area contributed by atoms with Gasteiger partial charge in [0.15, 0.2) is 5.84 Å². The Bertz CT molecular complexity index is 888. The van der Waals surface area contributed by atoms with Crippen LogP contribution in [0.1, 0.15) is 33.4 Å². The van der Waals surface area contributed by atoms with Crippen LogP contribution in [0.3, 0.4) is 0 Å². The number of amidine groups is 1. The summed E-state index contributed by atoms with van der Waals surface area (Å²) in [6, 6.07) is 24.2. The third-order valence-corrected chi connectivity index (χ3v) is 4.27. The highest BCUT2D eigenvalue weighted by Crippen LogP contribution is 2.15. The summed E-state index contributed by atoms with van der Waals surface area (Å²) in [5.41, 5.74) is 7.03. The van der Waals surface area contributed by atoms with Gasteiger partial charge in [-0.3, -0.25) is 0 Å². The number of hydrogen-bond acceptors (Lipinski definition) is 2. The van der Waals surface area contributed by atoms with Gasteiger partial charge in [0.2, 0.25) is 0 Å². The van der Waals surface area contributed by atoms with Gasteiger partial charge in [0.1, 0.15) is 0 Å². The Kier molecular flexibility index (Phi) is 5.28. The van der Waals surface area contributed by atoms with E-state index in [-0.39, 0.29) is 0 Å². The van der Waals surface area contributed by atoms with E-state index in [4.69, 9.17) is 4.99 Å². The van der Waals surface area contributed by atoms with Gasteiger partial charge in [-0.05, 0) is 20.8 Å². The van der Waals surface area contributed by atoms with Crippen molar-refractivity contribution in [1.82, 2.24) is 0 Å². The van der Waals surface area contributed by atoms with Crippen molar-refractivity contribution in [3.8, 4) is 0 Å². The lowest BCUT2D eigenvalue weighted by atomic mass is 10.00. The third kappa shape index (κ3) is 4.06. The van der Waals surface area contributed by atoms with Gasteiger partial charge in [-0.15, -0.1) is 0 Å². The predicted octanol–water partition coefficient (Wildman–Crippen LogP) is 5.29. The first-order chi connectivity index (χ1) is 12.6. The Morgan fingerprint density at radius 1 is 0.577 bits per heavy atom. The van der Waals surface area contributed by atoms with Crippen molar-refractivity contribution in [2.45, 2.75) is 20.8 Å². The minimum Gasteiger partial charge on any atom is -0.409 e. The van der Waals surface area contributed by atoms with Crippen molar-refractivity contribution < 1.29 is 5.21 Å². The SMILES string of the molecule is Cc1ccc(C(=N/C(=N/O)c2ccc(C)cc2)c2ccc(C)cc2)cc1. The van der Waals surface area contributed by atoms with Gasteiger partial charge in [-0.1, -0.05) is 94.6 Å². The average molecular weight is 342 g/mol. The van der Waals surface area contributed by atoms with Crippen LogP contribution in [0.15, 0.2) is 82.9 Å². The fourth-order valence-corrected chi connectivity index (χ4v) is 2.67. The molecule has 3 aromatic rings. The molecule has 3 nitrogen and oxygen atoms in total. The zero-order valence-corrected chi connectivity index (χ0v) is 15.3. The molecule has 0 aliphatic rings. The van der Waals surface area contributed by atoms with Crippen molar-refractivity contribution in [3.05, 3.63) is 106 Å². The van der Waals surface area contributed by atoms with Crippen LogP contribution in [0.5, 0.6) is 0 Å². The highest BCUT2D eigenvalue weighted by atomic mass is 16.4. The maximum absolute atomic E-state index is 9.56. The van der Waals surface area contributed by atoms with Gasteiger partial charge >= 0.3 is 0 Å². The molecule has 0 spiro atoms. The molecular formula is C23H22N2O. The summed E-state index contributed by atoms with van der Waals surface area (Å²) in [6.45, 7) is 6.13. The van der Waals surface area contributed by atoms with Crippen molar-refractivity contribution in [1.29, 1.82) is 0 Å². The van der Waals surface area contributed by atoms with Crippen LogP contribution in [0, 0.1) is 20.8 Å². The number of hydrogen-bond donors (Lipinski definition) is 1. The first kappa shape index (κ1) is 17.6. The lowest BCUT2D eigenvalue weighted by molar-refractivity contribution is 0.318. The smallest absolute Gasteiger partial charge is 0.199 e. The van der Waals surface area contributed by atoms with Gasteiger partial charge in [-0.2, -0.15) is 0 Å². The highest BCUT2D eigenvalue weighted by Gasteiger charge is 2.11. The van der Waals surface area contributed by atoms with Crippen LogP contribution in [-0.4, -0.2) is 16.8 Å². The molecule has 0 heterocycles. The number of benzene rings is 3. The van der Waals surface area contributed by atoms with Gasteiger partial charge < -0.3 is 5.21 Å². The topological polar surface area (TPSA) is 45.0 Å². The summed E-state index contributed by atoms with van der Waals surface area (Å²) in [4.78, 5) is 4.71. The summed E-state index contributed by atoms with van der Waals surface area (Å²) >= 11 is 0. The molecule has 0 saturated carbocycles. The number of nitrogens with zero attached hydrogens (tertiary/aromatic N) is 2. The van der Waals surface area contributed by atoms with E-state index in [1.807, 2.05) is 55.5 Å². The molecule has 3 rings (SSSR count). The molecule has 0 aromatic heterocycles. The summed E-state index contributed by atoms with van der Waals surface area (Å²) in [6.07, 6.45) is 0. The van der Waals surface area contributed by atoms with Gasteiger partial charge in [-0.25, -0.2) is 4.99 Å². The predicted molar refractivity (Wildman–Crippen MR) is 107 cm³/mol. The molecule has 0 bridgehead atoms. The second kappa shape index (κ2) is 7.79. The summed E-state index contributed by atoms with van der Waals surface area (Å²) in [5.74, 6) is 0.293. The monoisotopic (exact) mass is 342 g/mol. The van der Waals surface area contributed by atoms with Crippen LogP contribution in [-0.2, 0) is 0 Å². The van der Waals surface area contributed by atoms with Crippen LogP contribution >= 0.6 is 0 Å². The maximum Gasteiger partial charge on any atom is 0.199 e. The van der Waals surface area contributed by atoms with Gasteiger partial charge in [0.05, 0.1) is 5.71 Å². The largest absolute Gasteiger partial charge is 0.409 e. The Hall–Kier alpha value is -3.20. The quantitative estimate of drug-likeness (QED) is 0.299. The zero-order chi connectivity index (χ0) is 18.5. The molecule has 26 heavy (non-hydrogen) atoms. The molecule has 0 aliphatic heterocycles. The molecule has 0 atom stereocenters. The normalized spacial score (nSPS) is 11.3. The number of aryl methyl sites for hydroxylation is 3. The highest BCUT2D eigenvalue weighted by molar-refractivity contribution is 6.19. The number of oxime groups is 1. The first-order valence-corrected chi connectivity index (χ1v) is 8.58. The summed E-state index contributed by atoms with van der Waals surface area (Å²) in [5, 5.41) is 13.0. The molecule has 0 aliphatic carbocycles. The van der Waals surface area contributed by atoms with E-state index in [9.17, 15) is 5.21 Å². The maximum atomic E-state index is 9.56. The van der Waals surface area contributed by atoms with E-state index in [2.05, 4.69) is 43.3 Å². The van der Waals surface area contributed by atoms with Crippen molar-refractivity contribution >= 4 is 11.5 Å². The van der Waals surface area contributed by atoms with Crippen molar-refractivity contribution in [2.24, 2.45) is 10.1 Å². The van der Waals surface area contributed by atoms with Crippen LogP contribution in [0.2, 0.25) is 0 Å². The van der Waals surface area contributed by atoms with E-state index in [0.29, 0.717) is 5.84 Å². The van der Waals surface area contributed by atoms with Gasteiger partial charge in [0, 0.05) is 16.7 Å². The molecular weight excluding hydrogens is 320 g/mol. The summed E-state index contributed by atoms with van der Waals surface area (Å²) in [7, 11) is 0. The molecule has 0 radical (unpaired) electrons. The Morgan fingerprint density at radius 2 is 0.923 bits per heavy atom. The molecule has 3 aromatic carbocycles. The van der Waals surface area contributed by atoms with E-state index in [1.54, 1.807) is 0 Å². The number of rotatable bonds is 3. The molecule has 0 amide bonds. The number of aliphatic imine (C=N–C) groups is 1. The van der Waals surface area contributed by atoms with E-state index in [1.165, 1.54) is 11.1 Å². The van der Waals surface area contributed by atoms with Crippen LogP contribution in [0.25, 0.3) is 0 Å². The molecule has 0 fully saturated rings. The molecule has 1 N–H and O–H groups in total. The lowest BCUT2D eigenvalue weighted by Gasteiger charge is -2.10. The first-order valence-electron chi connectivity index (χ1n) is 8.58. The van der Waals surface area contributed by atoms with Crippen molar-refractivity contribution in [2.75, 3.05) is 0 Å². The van der Waals surface area contributed by atoms with Crippen molar-refractivity contribution in [3.63, 3.8) is 0 Å². The fourth-order valence-electron chi connectivity index (χ4n) is 2.67. The minimum atomic E-state index is 0.293. The second-order valence-electron chi connectivity index (χ2n) is 6.48. The Labute approximate surface area is 154 Å². The molecule has 0 saturated heterocycles. The Morgan fingerprint density at radius 3 is 1.27 bits per heavy atom. The third-order valence-electron chi connectivity index (χ3n) is 4.27. The summed E-state index contributed by atoms with van der Waals surface area (Å²) < 4.78 is 0. The van der Waals surface area contributed by atoms with E-state index in [0.717, 1.165) is 28.0 Å². The molecule has 0 unspecified atom stereocenters. The molecule has 3 heteroatoms. The van der Waals surface area contributed by atoms with Crippen LogP contribution in [0.4, 0.5) is 0 Å². The van der Waals surface area contributed by atoms with Gasteiger partial charge in [0.25, 0.3) is 0 Å². The fraction of sp³-hybridized carbons (Fsp3) is 0.130. The second-order valence-corrected chi connectivity index (χ2v) is 6.48.